The van der Waals surface area contributed by atoms with Crippen LogP contribution in [0.25, 0.3) is 5.69 Å². The first-order chi connectivity index (χ1) is 18.7. The van der Waals surface area contributed by atoms with E-state index in [4.69, 9.17) is 28.2 Å². The van der Waals surface area contributed by atoms with Gasteiger partial charge in [0.1, 0.15) is 0 Å². The fourth-order valence-corrected chi connectivity index (χ4v) is 5.53. The number of hydrogen-bond acceptors (Lipinski definition) is 5. The molecular weight excluding hydrogens is 537 g/mol. The van der Waals surface area contributed by atoms with Crippen molar-refractivity contribution in [3.63, 3.8) is 0 Å². The Hall–Kier alpha value is -3.36. The van der Waals surface area contributed by atoms with Crippen molar-refractivity contribution in [2.45, 2.75) is 58.2 Å². The Morgan fingerprint density at radius 1 is 1.05 bits per heavy atom. The molecule has 0 unspecified atom stereocenters. The number of benzene rings is 2. The number of nitrogens with zero attached hydrogens (tertiary/aromatic N) is 3. The Morgan fingerprint density at radius 2 is 1.74 bits per heavy atom. The third kappa shape index (κ3) is 5.28. The Kier molecular flexibility index (Phi) is 7.69. The summed E-state index contributed by atoms with van der Waals surface area (Å²) in [4.78, 5) is 46.1. The molecule has 8 nitrogen and oxygen atoms in total. The van der Waals surface area contributed by atoms with Crippen molar-refractivity contribution in [1.29, 1.82) is 0 Å². The first-order valence-corrected chi connectivity index (χ1v) is 13.9. The second-order valence-corrected chi connectivity index (χ2v) is 11.2. The molecule has 2 N–H and O–H groups in total. The van der Waals surface area contributed by atoms with E-state index < -0.39 is 0 Å². The van der Waals surface area contributed by atoms with Gasteiger partial charge in [0.05, 0.1) is 28.0 Å². The number of fused-ring (bicyclic) bond motifs is 1. The van der Waals surface area contributed by atoms with Crippen LogP contribution in [0.2, 0.25) is 10.0 Å². The maximum Gasteiger partial charge on any atom is 0.263 e. The summed E-state index contributed by atoms with van der Waals surface area (Å²) in [6.45, 7) is 4.23. The molecule has 2 aromatic carbocycles. The molecule has 39 heavy (non-hydrogen) atoms. The lowest BCUT2D eigenvalue weighted by Crippen LogP contribution is -2.46. The number of carbonyl (C=O) groups excluding carboxylic acids is 2. The van der Waals surface area contributed by atoms with Crippen molar-refractivity contribution in [3.05, 3.63) is 85.2 Å². The van der Waals surface area contributed by atoms with Crippen molar-refractivity contribution >= 4 is 41.0 Å². The molecule has 10 heteroatoms. The van der Waals surface area contributed by atoms with Crippen molar-refractivity contribution in [1.82, 2.24) is 19.8 Å². The van der Waals surface area contributed by atoms with Crippen LogP contribution in [0, 0.1) is 5.92 Å². The summed E-state index contributed by atoms with van der Waals surface area (Å²) in [5.74, 6) is 0.548. The lowest BCUT2D eigenvalue weighted by molar-refractivity contribution is 0.0653. The van der Waals surface area contributed by atoms with Crippen molar-refractivity contribution in [3.8, 4) is 5.69 Å². The maximum atomic E-state index is 14.0. The van der Waals surface area contributed by atoms with E-state index >= 15 is 0 Å². The minimum absolute atomic E-state index is 0.122. The predicted octanol–water partition coefficient (Wildman–Crippen LogP) is 5.09. The van der Waals surface area contributed by atoms with E-state index in [9.17, 15) is 14.4 Å². The zero-order valence-electron chi connectivity index (χ0n) is 22.1. The van der Waals surface area contributed by atoms with E-state index in [-0.39, 0.29) is 36.0 Å². The molecule has 2 atom stereocenters. The number of aromatic nitrogens is 2. The molecule has 1 fully saturated rings. The van der Waals surface area contributed by atoms with Crippen LogP contribution in [0.1, 0.15) is 65.1 Å². The highest BCUT2D eigenvalue weighted by Gasteiger charge is 2.33. The van der Waals surface area contributed by atoms with Gasteiger partial charge in [0.2, 0.25) is 5.95 Å². The van der Waals surface area contributed by atoms with Gasteiger partial charge in [-0.2, -0.15) is 0 Å². The number of nitrogens with one attached hydrogen (secondary N) is 2. The van der Waals surface area contributed by atoms with Crippen molar-refractivity contribution < 1.29 is 9.59 Å². The van der Waals surface area contributed by atoms with Crippen LogP contribution in [0.5, 0.6) is 0 Å². The van der Waals surface area contributed by atoms with Crippen molar-refractivity contribution in [2.24, 2.45) is 5.92 Å². The predicted molar refractivity (Wildman–Crippen MR) is 153 cm³/mol. The minimum atomic E-state index is -0.231. The zero-order valence-corrected chi connectivity index (χ0v) is 23.6. The van der Waals surface area contributed by atoms with Gasteiger partial charge in [-0.1, -0.05) is 29.6 Å². The van der Waals surface area contributed by atoms with Gasteiger partial charge in [-0.3, -0.25) is 14.4 Å². The number of hydrogen-bond donors (Lipinski definition) is 2. The van der Waals surface area contributed by atoms with E-state index in [0.717, 1.165) is 12.8 Å². The molecule has 204 valence electrons. The van der Waals surface area contributed by atoms with Crippen LogP contribution in [-0.2, 0) is 13.0 Å². The van der Waals surface area contributed by atoms with E-state index in [1.165, 1.54) is 6.42 Å². The molecule has 2 aliphatic rings. The quantitative estimate of drug-likeness (QED) is 0.432. The van der Waals surface area contributed by atoms with Crippen LogP contribution in [0.15, 0.2) is 47.3 Å². The van der Waals surface area contributed by atoms with Crippen LogP contribution < -0.4 is 16.2 Å². The van der Waals surface area contributed by atoms with Gasteiger partial charge in [0, 0.05) is 35.8 Å². The highest BCUT2D eigenvalue weighted by molar-refractivity contribution is 6.42. The Labute approximate surface area is 237 Å². The maximum absolute atomic E-state index is 14.0. The van der Waals surface area contributed by atoms with Crippen LogP contribution in [0.3, 0.4) is 0 Å². The average molecular weight is 569 g/mol. The van der Waals surface area contributed by atoms with Crippen molar-refractivity contribution in [2.75, 3.05) is 12.4 Å². The fourth-order valence-electron chi connectivity index (χ4n) is 5.23. The summed E-state index contributed by atoms with van der Waals surface area (Å²) in [5.41, 5.74) is 2.53. The fraction of sp³-hybridized carbons (Fsp3) is 0.379. The number of anilines is 1. The Bertz CT molecular complexity index is 1480. The molecule has 0 saturated heterocycles. The van der Waals surface area contributed by atoms with Crippen LogP contribution in [0.4, 0.5) is 5.95 Å². The smallest absolute Gasteiger partial charge is 0.263 e. The van der Waals surface area contributed by atoms with Gasteiger partial charge in [-0.15, -0.1) is 0 Å². The molecule has 2 amide bonds. The van der Waals surface area contributed by atoms with Gasteiger partial charge in [-0.25, -0.2) is 9.55 Å². The molecule has 1 aromatic heterocycles. The van der Waals surface area contributed by atoms with Gasteiger partial charge >= 0.3 is 0 Å². The second kappa shape index (κ2) is 11.0. The van der Waals surface area contributed by atoms with E-state index in [1.54, 1.807) is 59.0 Å². The van der Waals surface area contributed by atoms with Crippen LogP contribution >= 0.6 is 23.2 Å². The summed E-state index contributed by atoms with van der Waals surface area (Å²) >= 11 is 12.2. The molecule has 1 aliphatic carbocycles. The molecule has 2 heterocycles. The number of rotatable bonds is 6. The first kappa shape index (κ1) is 27.2. The highest BCUT2D eigenvalue weighted by Crippen LogP contribution is 2.32. The largest absolute Gasteiger partial charge is 0.355 e. The van der Waals surface area contributed by atoms with Gasteiger partial charge in [0.15, 0.2) is 0 Å². The molecule has 0 radical (unpaired) electrons. The zero-order chi connectivity index (χ0) is 27.8. The molecule has 3 aromatic rings. The number of carbonyl (C=O) groups is 2. The standard InChI is InChI=1S/C29H31Cl2N5O3/c1-16-13-22-25(15-35(16)27(38)20-9-12-23(30)24(31)14-20)34-29(33-17(2)18-5-4-6-18)36(28(22)39)21-10-7-19(8-11-21)26(37)32-3/h7-12,14,16-18H,4-6,13,15H2,1-3H3,(H,32,37)(H,33,34)/t16-,17-/m1/s1. The molecule has 1 aliphatic heterocycles. The summed E-state index contributed by atoms with van der Waals surface area (Å²) in [7, 11) is 1.58. The topological polar surface area (TPSA) is 96.3 Å². The number of halogens is 2. The van der Waals surface area contributed by atoms with Gasteiger partial charge < -0.3 is 15.5 Å². The second-order valence-electron chi connectivity index (χ2n) is 10.4. The summed E-state index contributed by atoms with van der Waals surface area (Å²) in [5, 5.41) is 6.80. The summed E-state index contributed by atoms with van der Waals surface area (Å²) in [6, 6.07) is 11.6. The van der Waals surface area contributed by atoms with Gasteiger partial charge in [-0.05, 0) is 81.5 Å². The summed E-state index contributed by atoms with van der Waals surface area (Å²) in [6.07, 6.45) is 3.83. The monoisotopic (exact) mass is 567 g/mol. The minimum Gasteiger partial charge on any atom is -0.355 e. The lowest BCUT2D eigenvalue weighted by Gasteiger charge is -2.36. The number of amides is 2. The normalized spacial score (nSPS) is 17.7. The SMILES string of the molecule is CNC(=O)c1ccc(-n2c(N[C@H](C)C3CCC3)nc3c(c2=O)C[C@@H](C)N(C(=O)c2ccc(Cl)c(Cl)c2)C3)cc1. The molecule has 5 rings (SSSR count). The third-order valence-electron chi connectivity index (χ3n) is 7.87. The Balaban J connectivity index is 1.54. The molecular formula is C29H31Cl2N5O3. The van der Waals surface area contributed by atoms with Gasteiger partial charge in [0.25, 0.3) is 17.4 Å². The third-order valence-corrected chi connectivity index (χ3v) is 8.61. The Morgan fingerprint density at radius 3 is 2.36 bits per heavy atom. The van der Waals surface area contributed by atoms with E-state index in [1.807, 2.05) is 6.92 Å². The van der Waals surface area contributed by atoms with Crippen LogP contribution in [-0.4, -0.2) is 45.4 Å². The molecule has 1 saturated carbocycles. The first-order valence-electron chi connectivity index (χ1n) is 13.2. The molecule has 0 spiro atoms. The average Bonchev–Trinajstić information content (AvgIpc) is 2.89. The van der Waals surface area contributed by atoms with E-state index in [2.05, 4.69) is 17.6 Å². The lowest BCUT2D eigenvalue weighted by atomic mass is 9.80. The van der Waals surface area contributed by atoms with E-state index in [0.29, 0.717) is 56.4 Å². The molecule has 0 bridgehead atoms. The summed E-state index contributed by atoms with van der Waals surface area (Å²) < 4.78 is 1.59. The highest BCUT2D eigenvalue weighted by atomic mass is 35.5.